The summed E-state index contributed by atoms with van der Waals surface area (Å²) in [5.41, 5.74) is 0. The first-order chi connectivity index (χ1) is 48.7. The van der Waals surface area contributed by atoms with Gasteiger partial charge in [-0.05, 0) is 122 Å². The summed E-state index contributed by atoms with van der Waals surface area (Å²) in [4.78, 5) is 72.9. The molecule has 19 heteroatoms. The topological polar surface area (TPSA) is 237 Å². The van der Waals surface area contributed by atoms with Crippen molar-refractivity contribution in [1.82, 2.24) is 0 Å². The van der Waals surface area contributed by atoms with Gasteiger partial charge in [0.05, 0.1) is 26.4 Å². The fourth-order valence-electron chi connectivity index (χ4n) is 10.3. The van der Waals surface area contributed by atoms with Crippen molar-refractivity contribution in [2.24, 2.45) is 0 Å². The number of allylic oxidation sites excluding steroid dienone is 18. The molecule has 0 radical (unpaired) electrons. The van der Waals surface area contributed by atoms with Crippen LogP contribution in [0.2, 0.25) is 0 Å². The van der Waals surface area contributed by atoms with Gasteiger partial charge in [-0.1, -0.05) is 285 Å². The van der Waals surface area contributed by atoms with E-state index >= 15 is 0 Å². The zero-order chi connectivity index (χ0) is 73.2. The molecule has 0 saturated carbocycles. The van der Waals surface area contributed by atoms with Crippen molar-refractivity contribution >= 4 is 39.5 Å². The lowest BCUT2D eigenvalue weighted by Crippen LogP contribution is -2.30. The summed E-state index contributed by atoms with van der Waals surface area (Å²) in [7, 11) is -9.97. The maximum atomic E-state index is 13.1. The van der Waals surface area contributed by atoms with Crippen molar-refractivity contribution in [2.45, 2.75) is 341 Å². The van der Waals surface area contributed by atoms with Gasteiger partial charge in [-0.2, -0.15) is 0 Å². The third-order valence-electron chi connectivity index (χ3n) is 16.2. The number of aliphatic hydroxyl groups excluding tert-OH is 1. The van der Waals surface area contributed by atoms with Gasteiger partial charge in [0.25, 0.3) is 0 Å². The van der Waals surface area contributed by atoms with Gasteiger partial charge in [0.15, 0.2) is 12.2 Å². The molecular formula is C81H140O17P2. The summed E-state index contributed by atoms with van der Waals surface area (Å²) >= 11 is 0. The van der Waals surface area contributed by atoms with Gasteiger partial charge in [0.2, 0.25) is 0 Å². The Morgan fingerprint density at radius 1 is 0.290 bits per heavy atom. The number of carbonyl (C=O) groups is 4. The van der Waals surface area contributed by atoms with E-state index in [-0.39, 0.29) is 25.7 Å². The van der Waals surface area contributed by atoms with Gasteiger partial charge in [-0.15, -0.1) is 0 Å². The first-order valence-corrected chi connectivity index (χ1v) is 42.1. The Hall–Kier alpha value is -4.28. The van der Waals surface area contributed by atoms with Crippen molar-refractivity contribution < 1.29 is 80.2 Å². The van der Waals surface area contributed by atoms with E-state index in [1.54, 1.807) is 0 Å². The quantitative estimate of drug-likeness (QED) is 0.0169. The number of unbranched alkanes of at least 4 members (excludes halogenated alkanes) is 29. The van der Waals surface area contributed by atoms with E-state index in [0.29, 0.717) is 32.1 Å². The van der Waals surface area contributed by atoms with Crippen LogP contribution in [0, 0.1) is 0 Å². The van der Waals surface area contributed by atoms with E-state index in [4.69, 9.17) is 37.0 Å². The molecule has 0 rings (SSSR count). The highest BCUT2D eigenvalue weighted by Gasteiger charge is 2.30. The Balaban J connectivity index is 5.40. The molecule has 0 amide bonds. The molecule has 0 fully saturated rings. The molecule has 3 N–H and O–H groups in total. The molecule has 0 bridgehead atoms. The lowest BCUT2D eigenvalue weighted by Gasteiger charge is -2.21. The zero-order valence-electron chi connectivity index (χ0n) is 62.8. The number of ether oxygens (including phenoxy) is 4. The number of aliphatic hydroxyl groups is 1. The van der Waals surface area contributed by atoms with Crippen molar-refractivity contribution in [3.05, 3.63) is 109 Å². The van der Waals surface area contributed by atoms with Crippen LogP contribution in [-0.2, 0) is 65.4 Å². The van der Waals surface area contributed by atoms with Crippen LogP contribution >= 0.6 is 15.6 Å². The van der Waals surface area contributed by atoms with Crippen molar-refractivity contribution in [1.29, 1.82) is 0 Å². The minimum atomic E-state index is -4.99. The third kappa shape index (κ3) is 72.1. The third-order valence-corrected chi connectivity index (χ3v) is 18.1. The SMILES string of the molecule is CC/C=C\C/C=C\C/C=C\C/C=C\C/C=C\CCCC(=O)OCC(COP(=O)(O)OCC(O)COP(=O)(O)OCC(COC(=O)CCCCCCC/C=C\CCCCCC)OC(=O)CCCCCCCCCCCCCCC)OC(=O)CCCCCCCCC/C=C\C/C=C\C/C=C\CC. The molecule has 100 heavy (non-hydrogen) atoms. The molecule has 17 nitrogen and oxygen atoms in total. The predicted molar refractivity (Wildman–Crippen MR) is 408 cm³/mol. The second-order valence-electron chi connectivity index (χ2n) is 25.9. The Kier molecular flexibility index (Phi) is 69.9. The van der Waals surface area contributed by atoms with E-state index in [9.17, 15) is 43.2 Å². The van der Waals surface area contributed by atoms with Gasteiger partial charge >= 0.3 is 39.5 Å². The van der Waals surface area contributed by atoms with Crippen LogP contribution in [0.3, 0.4) is 0 Å². The smallest absolute Gasteiger partial charge is 0.462 e. The average molecular weight is 1450 g/mol. The van der Waals surface area contributed by atoms with Gasteiger partial charge < -0.3 is 33.8 Å². The van der Waals surface area contributed by atoms with Gasteiger partial charge in [0, 0.05) is 25.7 Å². The summed E-state index contributed by atoms with van der Waals surface area (Å²) in [6, 6.07) is 0. The van der Waals surface area contributed by atoms with E-state index in [2.05, 4.69) is 125 Å². The minimum absolute atomic E-state index is 0.0702. The van der Waals surface area contributed by atoms with Gasteiger partial charge in [0.1, 0.15) is 19.3 Å². The number of esters is 4. The van der Waals surface area contributed by atoms with Crippen LogP contribution in [0.4, 0.5) is 0 Å². The summed E-state index contributed by atoms with van der Waals surface area (Å²) in [6.07, 6.45) is 77.9. The highest BCUT2D eigenvalue weighted by molar-refractivity contribution is 7.47. The Morgan fingerprint density at radius 3 is 0.860 bits per heavy atom. The molecule has 0 aliphatic rings. The maximum absolute atomic E-state index is 13.1. The molecule has 0 saturated heterocycles. The number of phosphoric ester groups is 2. The Labute approximate surface area is 607 Å². The van der Waals surface area contributed by atoms with Crippen LogP contribution in [-0.4, -0.2) is 96.7 Å². The highest BCUT2D eigenvalue weighted by Crippen LogP contribution is 2.45. The number of hydrogen-bond donors (Lipinski definition) is 3. The molecule has 576 valence electrons. The molecule has 0 aromatic carbocycles. The highest BCUT2D eigenvalue weighted by atomic mass is 31.2. The van der Waals surface area contributed by atoms with Crippen molar-refractivity contribution in [3.63, 3.8) is 0 Å². The number of carbonyl (C=O) groups excluding carboxylic acids is 4. The fourth-order valence-corrected chi connectivity index (χ4v) is 11.9. The van der Waals surface area contributed by atoms with E-state index in [1.807, 2.05) is 12.2 Å². The fraction of sp³-hybridized carbons (Fsp3) is 0.728. The second kappa shape index (κ2) is 73.0. The number of phosphoric acid groups is 2. The van der Waals surface area contributed by atoms with Crippen LogP contribution in [0.15, 0.2) is 109 Å². The lowest BCUT2D eigenvalue weighted by molar-refractivity contribution is -0.161. The Morgan fingerprint density at radius 2 is 0.530 bits per heavy atom. The van der Waals surface area contributed by atoms with Crippen molar-refractivity contribution in [3.8, 4) is 0 Å². The molecule has 0 aliphatic heterocycles. The van der Waals surface area contributed by atoms with Crippen molar-refractivity contribution in [2.75, 3.05) is 39.6 Å². The molecule has 0 aromatic rings. The molecule has 5 atom stereocenters. The molecule has 5 unspecified atom stereocenters. The molecule has 0 aromatic heterocycles. The van der Waals surface area contributed by atoms with E-state index in [1.165, 1.54) is 77.0 Å². The van der Waals surface area contributed by atoms with Crippen LogP contribution < -0.4 is 0 Å². The average Bonchev–Trinajstić information content (AvgIpc) is 1.15. The number of rotatable bonds is 73. The summed E-state index contributed by atoms with van der Waals surface area (Å²) in [6.45, 7) is 4.58. The van der Waals surface area contributed by atoms with Crippen LogP contribution in [0.25, 0.3) is 0 Å². The summed E-state index contributed by atoms with van der Waals surface area (Å²) in [5, 5.41) is 10.6. The first-order valence-electron chi connectivity index (χ1n) is 39.1. The van der Waals surface area contributed by atoms with E-state index in [0.717, 1.165) is 161 Å². The molecule has 0 aliphatic carbocycles. The Bertz CT molecular complexity index is 2320. The zero-order valence-corrected chi connectivity index (χ0v) is 64.6. The molecule has 0 heterocycles. The van der Waals surface area contributed by atoms with Crippen LogP contribution in [0.1, 0.15) is 323 Å². The predicted octanol–water partition coefficient (Wildman–Crippen LogP) is 22.6. The largest absolute Gasteiger partial charge is 0.472 e. The normalized spacial score (nSPS) is 14.5. The van der Waals surface area contributed by atoms with Gasteiger partial charge in [-0.25, -0.2) is 9.13 Å². The molecular weight excluding hydrogens is 1310 g/mol. The lowest BCUT2D eigenvalue weighted by atomic mass is 10.0. The first kappa shape index (κ1) is 95.7. The van der Waals surface area contributed by atoms with Gasteiger partial charge in [-0.3, -0.25) is 37.3 Å². The second-order valence-corrected chi connectivity index (χ2v) is 28.8. The minimum Gasteiger partial charge on any atom is -0.462 e. The monoisotopic (exact) mass is 1450 g/mol. The number of hydrogen-bond acceptors (Lipinski definition) is 15. The maximum Gasteiger partial charge on any atom is 0.472 e. The van der Waals surface area contributed by atoms with E-state index < -0.39 is 97.5 Å². The summed E-state index contributed by atoms with van der Waals surface area (Å²) in [5.74, 6) is -2.25. The standard InChI is InChI=1S/C81H140O17P2/c1-5-9-13-17-21-25-29-33-35-37-39-43-46-50-54-58-62-66-79(84)92-72-77(98-81(86)68-64-60-56-52-48-44-40-38-36-34-30-26-22-18-14-10-6-2)74-96-100(89,90)94-70-75(82)69-93-99(87,88)95-73-76(97-80(85)67-63-59-55-51-47-42-32-28-24-20-16-12-8-4)71-91-78(83)65-61-57-53-49-45-41-31-27-23-19-15-11-7-3/h9-10,13-14,21-22,25-27,31,33-36,39,43,50,54,75-77,82H,5-8,11-12,15-20,23-24,28-30,32,37-38,40-42,44-49,51-53,55-74H2,1-4H3,(H,87,88)(H,89,90)/b13-9-,14-10-,25-21-,26-22-,31-27-,35-33-,36-34-,43-39-,54-50-. The summed E-state index contributed by atoms with van der Waals surface area (Å²) < 4.78 is 68.5. The van der Waals surface area contributed by atoms with Crippen LogP contribution in [0.5, 0.6) is 0 Å². The molecule has 0 spiro atoms.